The van der Waals surface area contributed by atoms with Gasteiger partial charge >= 0.3 is 0 Å². The molecule has 0 fully saturated rings. The van der Waals surface area contributed by atoms with Gasteiger partial charge in [0, 0.05) is 18.7 Å². The molecule has 0 atom stereocenters. The Hall–Kier alpha value is -3.03. The summed E-state index contributed by atoms with van der Waals surface area (Å²) in [5.41, 5.74) is 3.08. The largest absolute Gasteiger partial charge is 0.394 e. The van der Waals surface area contributed by atoms with E-state index in [1.165, 1.54) is 5.56 Å². The molecule has 0 bridgehead atoms. The van der Waals surface area contributed by atoms with Gasteiger partial charge in [0.1, 0.15) is 5.69 Å². The van der Waals surface area contributed by atoms with Crippen LogP contribution < -0.4 is 5.32 Å². The number of benzene rings is 2. The maximum absolute atomic E-state index is 12.6. The Morgan fingerprint density at radius 3 is 2.46 bits per heavy atom. The first kappa shape index (κ1) is 19.7. The zero-order chi connectivity index (χ0) is 19.6. The van der Waals surface area contributed by atoms with Crippen molar-refractivity contribution in [1.29, 1.82) is 0 Å². The van der Waals surface area contributed by atoms with Crippen molar-refractivity contribution in [2.24, 2.45) is 0 Å². The number of aryl methyl sites for hydroxylation is 2. The van der Waals surface area contributed by atoms with E-state index in [2.05, 4.69) is 27.8 Å². The number of ether oxygens (including phenoxy) is 1. The molecule has 146 valence electrons. The summed E-state index contributed by atoms with van der Waals surface area (Å²) in [5.74, 6) is -0.294. The van der Waals surface area contributed by atoms with Crippen molar-refractivity contribution < 1.29 is 14.6 Å². The van der Waals surface area contributed by atoms with Crippen molar-refractivity contribution in [3.05, 3.63) is 71.9 Å². The first-order valence-electron chi connectivity index (χ1n) is 9.29. The molecule has 0 aliphatic rings. The lowest BCUT2D eigenvalue weighted by Crippen LogP contribution is -2.28. The first-order valence-corrected chi connectivity index (χ1v) is 9.29. The van der Waals surface area contributed by atoms with Crippen molar-refractivity contribution in [3.63, 3.8) is 0 Å². The Balaban J connectivity index is 1.76. The molecule has 0 unspecified atom stereocenters. The molecule has 7 nitrogen and oxygen atoms in total. The fourth-order valence-electron chi connectivity index (χ4n) is 2.87. The Morgan fingerprint density at radius 2 is 1.75 bits per heavy atom. The smallest absolute Gasteiger partial charge is 0.274 e. The fourth-order valence-corrected chi connectivity index (χ4v) is 2.87. The number of rotatable bonds is 10. The first-order chi connectivity index (χ1) is 13.8. The number of hydrogen-bond donors (Lipinski definition) is 2. The van der Waals surface area contributed by atoms with Gasteiger partial charge in [-0.3, -0.25) is 4.79 Å². The summed E-state index contributed by atoms with van der Waals surface area (Å²) in [6.45, 7) is 1.50. The van der Waals surface area contributed by atoms with Crippen molar-refractivity contribution in [2.45, 2.75) is 13.0 Å². The van der Waals surface area contributed by atoms with Gasteiger partial charge in [0.2, 0.25) is 0 Å². The molecule has 2 N–H and O–H groups in total. The highest BCUT2D eigenvalue weighted by molar-refractivity contribution is 5.98. The molecule has 1 aromatic heterocycles. The van der Waals surface area contributed by atoms with Crippen LogP contribution in [-0.4, -0.2) is 52.4 Å². The van der Waals surface area contributed by atoms with E-state index in [-0.39, 0.29) is 19.1 Å². The van der Waals surface area contributed by atoms with Crippen molar-refractivity contribution >= 4 is 5.91 Å². The molecule has 0 aliphatic heterocycles. The van der Waals surface area contributed by atoms with E-state index < -0.39 is 0 Å². The summed E-state index contributed by atoms with van der Waals surface area (Å²) in [6.07, 6.45) is 0.792. The zero-order valence-corrected chi connectivity index (χ0v) is 15.6. The molecular weight excluding hydrogens is 356 g/mol. The van der Waals surface area contributed by atoms with Gasteiger partial charge < -0.3 is 15.2 Å². The van der Waals surface area contributed by atoms with Crippen LogP contribution in [0.15, 0.2) is 60.7 Å². The van der Waals surface area contributed by atoms with Crippen LogP contribution in [0.2, 0.25) is 0 Å². The van der Waals surface area contributed by atoms with E-state index in [0.29, 0.717) is 31.1 Å². The summed E-state index contributed by atoms with van der Waals surface area (Å²) in [7, 11) is 0. The van der Waals surface area contributed by atoms with Crippen LogP contribution in [0.3, 0.4) is 0 Å². The van der Waals surface area contributed by atoms with Gasteiger partial charge in [-0.1, -0.05) is 65.9 Å². The summed E-state index contributed by atoms with van der Waals surface area (Å²) in [5, 5.41) is 19.9. The Bertz CT molecular complexity index is 866. The minimum Gasteiger partial charge on any atom is -0.394 e. The molecule has 3 aromatic rings. The Morgan fingerprint density at radius 1 is 1.04 bits per heavy atom. The Labute approximate surface area is 164 Å². The van der Waals surface area contributed by atoms with Crippen molar-refractivity contribution in [3.8, 4) is 11.3 Å². The molecule has 28 heavy (non-hydrogen) atoms. The van der Waals surface area contributed by atoms with E-state index in [0.717, 1.165) is 12.0 Å². The van der Waals surface area contributed by atoms with Gasteiger partial charge in [-0.15, -0.1) is 5.10 Å². The SMILES string of the molecule is O=C(NCCOCCO)c1nnn(CCc2ccccc2)c1-c1ccccc1. The van der Waals surface area contributed by atoms with Gasteiger partial charge in [0.25, 0.3) is 5.91 Å². The third-order valence-corrected chi connectivity index (χ3v) is 4.22. The summed E-state index contributed by atoms with van der Waals surface area (Å²) in [6, 6.07) is 19.8. The molecule has 1 amide bonds. The summed E-state index contributed by atoms with van der Waals surface area (Å²) in [4.78, 5) is 12.6. The van der Waals surface area contributed by atoms with E-state index in [4.69, 9.17) is 9.84 Å². The predicted octanol–water partition coefficient (Wildman–Crippen LogP) is 1.93. The molecule has 0 radical (unpaired) electrons. The minimum atomic E-state index is -0.294. The van der Waals surface area contributed by atoms with E-state index in [9.17, 15) is 4.79 Å². The standard InChI is InChI=1S/C21H24N4O3/c26-14-16-28-15-12-22-21(27)19-20(18-9-5-2-6-10-18)25(24-23-19)13-11-17-7-3-1-4-8-17/h1-10,26H,11-16H2,(H,22,27). The number of amides is 1. The van der Waals surface area contributed by atoms with Crippen molar-refractivity contribution in [2.75, 3.05) is 26.4 Å². The van der Waals surface area contributed by atoms with Crippen LogP contribution >= 0.6 is 0 Å². The number of aromatic nitrogens is 3. The molecule has 1 heterocycles. The molecular formula is C21H24N4O3. The molecule has 7 heteroatoms. The number of aliphatic hydroxyl groups is 1. The number of carbonyl (C=O) groups is 1. The molecule has 0 saturated heterocycles. The number of nitrogens with zero attached hydrogens (tertiary/aromatic N) is 3. The van der Waals surface area contributed by atoms with Crippen LogP contribution in [-0.2, 0) is 17.7 Å². The molecule has 0 spiro atoms. The highest BCUT2D eigenvalue weighted by Crippen LogP contribution is 2.22. The maximum Gasteiger partial charge on any atom is 0.274 e. The number of carbonyl (C=O) groups excluding carboxylic acids is 1. The molecule has 0 saturated carbocycles. The lowest BCUT2D eigenvalue weighted by atomic mass is 10.1. The van der Waals surface area contributed by atoms with Gasteiger partial charge in [-0.25, -0.2) is 4.68 Å². The van der Waals surface area contributed by atoms with Crippen molar-refractivity contribution in [1.82, 2.24) is 20.3 Å². The number of hydrogen-bond acceptors (Lipinski definition) is 5. The minimum absolute atomic E-state index is 0.0398. The lowest BCUT2D eigenvalue weighted by Gasteiger charge is -2.09. The predicted molar refractivity (Wildman–Crippen MR) is 106 cm³/mol. The second-order valence-electron chi connectivity index (χ2n) is 6.20. The van der Waals surface area contributed by atoms with Gasteiger partial charge in [-0.2, -0.15) is 0 Å². The average Bonchev–Trinajstić information content (AvgIpc) is 3.17. The second-order valence-corrected chi connectivity index (χ2v) is 6.20. The number of aliphatic hydroxyl groups excluding tert-OH is 1. The molecule has 3 rings (SSSR count). The zero-order valence-electron chi connectivity index (χ0n) is 15.6. The number of nitrogens with one attached hydrogen (secondary N) is 1. The summed E-state index contributed by atoms with van der Waals surface area (Å²) < 4.78 is 6.95. The average molecular weight is 380 g/mol. The van der Waals surface area contributed by atoms with Gasteiger partial charge in [0.05, 0.1) is 19.8 Å². The molecule has 0 aliphatic carbocycles. The topological polar surface area (TPSA) is 89.3 Å². The highest BCUT2D eigenvalue weighted by Gasteiger charge is 2.20. The van der Waals surface area contributed by atoms with Crippen LogP contribution in [0.1, 0.15) is 16.1 Å². The molecule has 2 aromatic carbocycles. The van der Waals surface area contributed by atoms with Gasteiger partial charge in [-0.05, 0) is 12.0 Å². The second kappa shape index (κ2) is 10.3. The normalized spacial score (nSPS) is 10.8. The fraction of sp³-hybridized carbons (Fsp3) is 0.286. The third-order valence-electron chi connectivity index (χ3n) is 4.22. The monoisotopic (exact) mass is 380 g/mol. The maximum atomic E-state index is 12.6. The van der Waals surface area contributed by atoms with E-state index in [1.54, 1.807) is 4.68 Å². The van der Waals surface area contributed by atoms with E-state index >= 15 is 0 Å². The quantitative estimate of drug-likeness (QED) is 0.525. The Kier molecular flexibility index (Phi) is 7.29. The highest BCUT2D eigenvalue weighted by atomic mass is 16.5. The lowest BCUT2D eigenvalue weighted by molar-refractivity contribution is 0.0835. The van der Waals surface area contributed by atoms with Crippen LogP contribution in [0.4, 0.5) is 0 Å². The van der Waals surface area contributed by atoms with E-state index in [1.807, 2.05) is 48.5 Å². The van der Waals surface area contributed by atoms with Crippen LogP contribution in [0, 0.1) is 0 Å². The van der Waals surface area contributed by atoms with Crippen LogP contribution in [0.25, 0.3) is 11.3 Å². The van der Waals surface area contributed by atoms with Crippen LogP contribution in [0.5, 0.6) is 0 Å². The summed E-state index contributed by atoms with van der Waals surface area (Å²) >= 11 is 0. The third kappa shape index (κ3) is 5.25. The van der Waals surface area contributed by atoms with Gasteiger partial charge in [0.15, 0.2) is 5.69 Å².